The minimum atomic E-state index is -1.29. The number of carbonyl (C=O) groups excluding carboxylic acids is 1. The molecule has 3 aromatic carbocycles. The standard InChI is InChI=1S/C22H14BrCl2NO4/c23-17-3-1-2-4-20(17)30-15-8-5-13(6-9-15)11-19(22(28)29)26-21(27)16-10-7-14(24)12-18(16)25/h1-12H,(H,26,27)(H,28,29)/b19-11-. The summed E-state index contributed by atoms with van der Waals surface area (Å²) in [7, 11) is 0. The number of nitrogens with one attached hydrogen (secondary N) is 1. The van der Waals surface area contributed by atoms with Crippen molar-refractivity contribution in [2.75, 3.05) is 0 Å². The summed E-state index contributed by atoms with van der Waals surface area (Å²) < 4.78 is 6.59. The van der Waals surface area contributed by atoms with E-state index in [4.69, 9.17) is 27.9 Å². The summed E-state index contributed by atoms with van der Waals surface area (Å²) in [5, 5.41) is 12.3. The average molecular weight is 507 g/mol. The normalized spacial score (nSPS) is 11.1. The molecule has 152 valence electrons. The van der Waals surface area contributed by atoms with Gasteiger partial charge in [0.1, 0.15) is 17.2 Å². The summed E-state index contributed by atoms with van der Waals surface area (Å²) in [6.45, 7) is 0. The van der Waals surface area contributed by atoms with Crippen molar-refractivity contribution in [1.29, 1.82) is 0 Å². The van der Waals surface area contributed by atoms with Gasteiger partial charge in [0, 0.05) is 5.02 Å². The fraction of sp³-hybridized carbons (Fsp3) is 0. The zero-order valence-corrected chi connectivity index (χ0v) is 18.3. The van der Waals surface area contributed by atoms with Gasteiger partial charge in [-0.2, -0.15) is 0 Å². The molecule has 0 aromatic heterocycles. The number of carboxylic acids is 1. The Morgan fingerprint density at radius 1 is 1.00 bits per heavy atom. The molecule has 0 unspecified atom stereocenters. The monoisotopic (exact) mass is 505 g/mol. The van der Waals surface area contributed by atoms with Crippen LogP contribution in [-0.4, -0.2) is 17.0 Å². The average Bonchev–Trinajstić information content (AvgIpc) is 2.70. The van der Waals surface area contributed by atoms with Crippen LogP contribution in [0.3, 0.4) is 0 Å². The Kier molecular flexibility index (Phi) is 7.15. The first kappa shape index (κ1) is 21.9. The maximum atomic E-state index is 12.4. The molecule has 3 aromatic rings. The van der Waals surface area contributed by atoms with Gasteiger partial charge in [0.25, 0.3) is 5.91 Å². The molecule has 8 heteroatoms. The highest BCUT2D eigenvalue weighted by molar-refractivity contribution is 9.10. The molecule has 2 N–H and O–H groups in total. The molecule has 3 rings (SSSR count). The molecule has 0 heterocycles. The van der Waals surface area contributed by atoms with E-state index >= 15 is 0 Å². The lowest BCUT2D eigenvalue weighted by molar-refractivity contribution is -0.132. The third-order valence-electron chi connectivity index (χ3n) is 3.91. The van der Waals surface area contributed by atoms with Crippen molar-refractivity contribution >= 4 is 57.1 Å². The fourth-order valence-electron chi connectivity index (χ4n) is 2.47. The predicted molar refractivity (Wildman–Crippen MR) is 120 cm³/mol. The minimum Gasteiger partial charge on any atom is -0.477 e. The van der Waals surface area contributed by atoms with Crippen LogP contribution in [0.25, 0.3) is 6.08 Å². The van der Waals surface area contributed by atoms with E-state index in [1.807, 2.05) is 24.3 Å². The Bertz CT molecular complexity index is 1130. The highest BCUT2D eigenvalue weighted by atomic mass is 79.9. The Morgan fingerprint density at radius 3 is 2.33 bits per heavy atom. The topological polar surface area (TPSA) is 75.6 Å². The Labute approximate surface area is 191 Å². The number of carbonyl (C=O) groups is 2. The smallest absolute Gasteiger partial charge is 0.352 e. The largest absolute Gasteiger partial charge is 0.477 e. The van der Waals surface area contributed by atoms with Crippen molar-refractivity contribution in [2.24, 2.45) is 0 Å². The fourth-order valence-corrected chi connectivity index (χ4v) is 3.33. The maximum absolute atomic E-state index is 12.4. The highest BCUT2D eigenvalue weighted by Gasteiger charge is 2.16. The first-order valence-electron chi connectivity index (χ1n) is 8.57. The number of amides is 1. The van der Waals surface area contributed by atoms with Crippen molar-refractivity contribution in [1.82, 2.24) is 5.32 Å². The van der Waals surface area contributed by atoms with Gasteiger partial charge in [-0.1, -0.05) is 47.5 Å². The van der Waals surface area contributed by atoms with Gasteiger partial charge >= 0.3 is 5.97 Å². The van der Waals surface area contributed by atoms with E-state index in [1.54, 1.807) is 24.3 Å². The molecular formula is C22H14BrCl2NO4. The van der Waals surface area contributed by atoms with E-state index in [-0.39, 0.29) is 16.3 Å². The van der Waals surface area contributed by atoms with Crippen LogP contribution in [0.4, 0.5) is 0 Å². The number of hydrogen-bond acceptors (Lipinski definition) is 3. The van der Waals surface area contributed by atoms with Crippen LogP contribution in [0.1, 0.15) is 15.9 Å². The van der Waals surface area contributed by atoms with Gasteiger partial charge in [0.2, 0.25) is 0 Å². The van der Waals surface area contributed by atoms with E-state index in [2.05, 4.69) is 21.2 Å². The van der Waals surface area contributed by atoms with E-state index in [1.165, 1.54) is 24.3 Å². The molecule has 30 heavy (non-hydrogen) atoms. The summed E-state index contributed by atoms with van der Waals surface area (Å²) in [4.78, 5) is 24.0. The summed E-state index contributed by atoms with van der Waals surface area (Å²) in [6, 6.07) is 18.5. The summed E-state index contributed by atoms with van der Waals surface area (Å²) in [5.41, 5.74) is 0.380. The van der Waals surface area contributed by atoms with E-state index < -0.39 is 11.9 Å². The summed E-state index contributed by atoms with van der Waals surface area (Å²) >= 11 is 15.2. The van der Waals surface area contributed by atoms with Gasteiger partial charge in [-0.15, -0.1) is 0 Å². The zero-order chi connectivity index (χ0) is 21.7. The van der Waals surface area contributed by atoms with E-state index in [0.717, 1.165) is 4.47 Å². The third kappa shape index (κ3) is 5.63. The second-order valence-electron chi connectivity index (χ2n) is 6.04. The number of aliphatic carboxylic acids is 1. The minimum absolute atomic E-state index is 0.116. The van der Waals surface area contributed by atoms with Gasteiger partial charge < -0.3 is 15.2 Å². The van der Waals surface area contributed by atoms with Crippen LogP contribution in [0, 0.1) is 0 Å². The van der Waals surface area contributed by atoms with E-state index in [9.17, 15) is 14.7 Å². The molecule has 0 aliphatic heterocycles. The lowest BCUT2D eigenvalue weighted by Gasteiger charge is -2.09. The first-order chi connectivity index (χ1) is 14.3. The second kappa shape index (κ2) is 9.80. The number of ether oxygens (including phenoxy) is 1. The summed E-state index contributed by atoms with van der Waals surface area (Å²) in [6.07, 6.45) is 1.34. The molecule has 0 aliphatic rings. The number of para-hydroxylation sites is 1. The number of hydrogen-bond donors (Lipinski definition) is 2. The molecule has 1 amide bonds. The van der Waals surface area contributed by atoms with Gasteiger partial charge in [-0.05, 0) is 70.0 Å². The molecule has 5 nitrogen and oxygen atoms in total. The van der Waals surface area contributed by atoms with Crippen molar-refractivity contribution in [3.8, 4) is 11.5 Å². The van der Waals surface area contributed by atoms with Crippen LogP contribution >= 0.6 is 39.1 Å². The van der Waals surface area contributed by atoms with Gasteiger partial charge in [-0.25, -0.2) is 4.79 Å². The molecule has 0 radical (unpaired) electrons. The first-order valence-corrected chi connectivity index (χ1v) is 10.1. The molecular weight excluding hydrogens is 493 g/mol. The number of benzene rings is 3. The van der Waals surface area contributed by atoms with Gasteiger partial charge in [0.15, 0.2) is 0 Å². The molecule has 0 bridgehead atoms. The van der Waals surface area contributed by atoms with Crippen molar-refractivity contribution in [3.63, 3.8) is 0 Å². The molecule has 0 aliphatic carbocycles. The van der Waals surface area contributed by atoms with Crippen LogP contribution < -0.4 is 10.1 Å². The number of carboxylic acid groups (broad SMARTS) is 1. The lowest BCUT2D eigenvalue weighted by Crippen LogP contribution is -2.27. The highest BCUT2D eigenvalue weighted by Crippen LogP contribution is 2.29. The zero-order valence-electron chi connectivity index (χ0n) is 15.2. The second-order valence-corrected chi connectivity index (χ2v) is 7.74. The maximum Gasteiger partial charge on any atom is 0.352 e. The Hall–Kier alpha value is -2.80. The third-order valence-corrected chi connectivity index (χ3v) is 5.11. The lowest BCUT2D eigenvalue weighted by atomic mass is 10.1. The number of rotatable bonds is 6. The van der Waals surface area contributed by atoms with Gasteiger partial charge in [0.05, 0.1) is 15.1 Å². The Balaban J connectivity index is 1.77. The Morgan fingerprint density at radius 2 is 1.70 bits per heavy atom. The predicted octanol–water partition coefficient (Wildman–Crippen LogP) is 6.40. The molecule has 0 fully saturated rings. The van der Waals surface area contributed by atoms with E-state index in [0.29, 0.717) is 22.1 Å². The van der Waals surface area contributed by atoms with Crippen molar-refractivity contribution < 1.29 is 19.4 Å². The van der Waals surface area contributed by atoms with Gasteiger partial charge in [-0.3, -0.25) is 4.79 Å². The van der Waals surface area contributed by atoms with Crippen molar-refractivity contribution in [3.05, 3.63) is 98.1 Å². The quantitative estimate of drug-likeness (QED) is 0.379. The molecule has 0 atom stereocenters. The van der Waals surface area contributed by atoms with Crippen LogP contribution in [-0.2, 0) is 4.79 Å². The van der Waals surface area contributed by atoms with Crippen LogP contribution in [0.5, 0.6) is 11.5 Å². The molecule has 0 spiro atoms. The van der Waals surface area contributed by atoms with Crippen LogP contribution in [0.15, 0.2) is 76.9 Å². The van der Waals surface area contributed by atoms with Crippen molar-refractivity contribution in [2.45, 2.75) is 0 Å². The summed E-state index contributed by atoms with van der Waals surface area (Å²) in [5.74, 6) is -0.715. The molecule has 0 saturated heterocycles. The SMILES string of the molecule is O=C(O)/C(=C/c1ccc(Oc2ccccc2Br)cc1)NC(=O)c1ccc(Cl)cc1Cl. The number of halogens is 3. The molecule has 0 saturated carbocycles. The van der Waals surface area contributed by atoms with Crippen LogP contribution in [0.2, 0.25) is 10.0 Å².